The zero-order valence-corrected chi connectivity index (χ0v) is 13.4. The number of amides is 1. The lowest BCUT2D eigenvalue weighted by atomic mass is 9.94. The van der Waals surface area contributed by atoms with E-state index in [1.165, 1.54) is 11.0 Å². The van der Waals surface area contributed by atoms with E-state index in [4.69, 9.17) is 5.11 Å². The molecule has 0 unspecified atom stereocenters. The number of piperidine rings is 1. The molecule has 2 N–H and O–H groups in total. The summed E-state index contributed by atoms with van der Waals surface area (Å²) in [6.45, 7) is 0.243. The minimum Gasteiger partial charge on any atom is -0.481 e. The van der Waals surface area contributed by atoms with Gasteiger partial charge >= 0.3 is 5.97 Å². The lowest BCUT2D eigenvalue weighted by molar-refractivity contribution is -0.148. The average Bonchev–Trinajstić information content (AvgIpc) is 2.62. The number of hydrogen-bond donors (Lipinski definition) is 2. The number of benzene rings is 2. The van der Waals surface area contributed by atoms with E-state index in [1.807, 2.05) is 0 Å². The molecule has 2 atom stereocenters. The van der Waals surface area contributed by atoms with E-state index < -0.39 is 18.0 Å². The van der Waals surface area contributed by atoms with Crippen LogP contribution in [-0.4, -0.2) is 46.2 Å². The Morgan fingerprint density at radius 1 is 1.12 bits per heavy atom. The van der Waals surface area contributed by atoms with Gasteiger partial charge in [0.15, 0.2) is 0 Å². The van der Waals surface area contributed by atoms with E-state index in [2.05, 4.69) is 0 Å². The monoisotopic (exact) mass is 343 g/mol. The molecule has 25 heavy (non-hydrogen) atoms. The number of carboxylic acids is 1. The molecule has 0 saturated carbocycles. The summed E-state index contributed by atoms with van der Waals surface area (Å²) < 4.78 is 14.0. The molecule has 1 fully saturated rings. The number of likely N-dealkylation sites (tertiary alicyclic amines) is 1. The second kappa shape index (κ2) is 7.03. The first-order valence-corrected chi connectivity index (χ1v) is 8.02. The summed E-state index contributed by atoms with van der Waals surface area (Å²) in [5.74, 6) is -2.81. The predicted octanol–water partition coefficient (Wildman–Crippen LogP) is 2.40. The number of carboxylic acid groups (broad SMARTS) is 1. The van der Waals surface area contributed by atoms with Crippen LogP contribution in [0.2, 0.25) is 0 Å². The maximum atomic E-state index is 14.0. The highest BCUT2D eigenvalue weighted by Gasteiger charge is 2.35. The van der Waals surface area contributed by atoms with Crippen LogP contribution in [0.3, 0.4) is 0 Å². The van der Waals surface area contributed by atoms with Crippen molar-refractivity contribution in [2.75, 3.05) is 13.1 Å². The van der Waals surface area contributed by atoms with Crippen LogP contribution in [0.5, 0.6) is 0 Å². The van der Waals surface area contributed by atoms with E-state index in [0.717, 1.165) is 0 Å². The van der Waals surface area contributed by atoms with Gasteiger partial charge in [-0.2, -0.15) is 0 Å². The van der Waals surface area contributed by atoms with Gasteiger partial charge in [-0.3, -0.25) is 9.59 Å². The fourth-order valence-electron chi connectivity index (χ4n) is 3.06. The number of aliphatic hydroxyl groups excluding tert-OH is 1. The van der Waals surface area contributed by atoms with Crippen LogP contribution in [0.4, 0.5) is 4.39 Å². The van der Waals surface area contributed by atoms with Crippen molar-refractivity contribution in [1.82, 2.24) is 4.90 Å². The maximum Gasteiger partial charge on any atom is 0.310 e. The standard InChI is InChI=1S/C19H18FNO4/c20-16-7-2-1-6-14(16)12-4-3-5-13(10-12)18(23)21-9-8-17(22)15(11-21)19(24)25/h1-7,10,15,17,22H,8-9,11H2,(H,24,25)/t15-,17+/m0/s1. The fraction of sp³-hybridized carbons (Fsp3) is 0.263. The van der Waals surface area contributed by atoms with Crippen LogP contribution < -0.4 is 0 Å². The van der Waals surface area contributed by atoms with Crippen molar-refractivity contribution in [2.24, 2.45) is 5.92 Å². The Bertz CT molecular complexity index is 808. The molecule has 1 aliphatic rings. The second-order valence-electron chi connectivity index (χ2n) is 6.11. The minimum atomic E-state index is -1.12. The molecule has 0 spiro atoms. The third kappa shape index (κ3) is 3.53. The summed E-state index contributed by atoms with van der Waals surface area (Å²) in [5, 5.41) is 18.9. The zero-order chi connectivity index (χ0) is 18.0. The van der Waals surface area contributed by atoms with Crippen molar-refractivity contribution < 1.29 is 24.2 Å². The lowest BCUT2D eigenvalue weighted by Crippen LogP contribution is -2.48. The van der Waals surface area contributed by atoms with Gasteiger partial charge in [0, 0.05) is 24.2 Å². The Labute approximate surface area is 144 Å². The van der Waals surface area contributed by atoms with E-state index in [0.29, 0.717) is 16.7 Å². The molecule has 6 heteroatoms. The van der Waals surface area contributed by atoms with Crippen molar-refractivity contribution in [3.8, 4) is 11.1 Å². The zero-order valence-electron chi connectivity index (χ0n) is 13.4. The third-order valence-electron chi connectivity index (χ3n) is 4.48. The van der Waals surface area contributed by atoms with Crippen LogP contribution in [0.1, 0.15) is 16.8 Å². The smallest absolute Gasteiger partial charge is 0.310 e. The van der Waals surface area contributed by atoms with Gasteiger partial charge in [-0.15, -0.1) is 0 Å². The second-order valence-corrected chi connectivity index (χ2v) is 6.11. The molecular weight excluding hydrogens is 325 g/mol. The molecule has 130 valence electrons. The van der Waals surface area contributed by atoms with Crippen molar-refractivity contribution >= 4 is 11.9 Å². The fourth-order valence-corrected chi connectivity index (χ4v) is 3.06. The summed E-state index contributed by atoms with van der Waals surface area (Å²) in [6, 6.07) is 12.9. The third-order valence-corrected chi connectivity index (χ3v) is 4.48. The van der Waals surface area contributed by atoms with Crippen LogP contribution in [0, 0.1) is 11.7 Å². The quantitative estimate of drug-likeness (QED) is 0.897. The molecular formula is C19H18FNO4. The molecule has 1 amide bonds. The molecule has 5 nitrogen and oxygen atoms in total. The maximum absolute atomic E-state index is 14.0. The molecule has 0 aliphatic carbocycles. The normalized spacial score (nSPS) is 20.3. The van der Waals surface area contributed by atoms with Crippen LogP contribution >= 0.6 is 0 Å². The molecule has 1 saturated heterocycles. The van der Waals surface area contributed by atoms with E-state index in [-0.39, 0.29) is 31.2 Å². The number of hydrogen-bond acceptors (Lipinski definition) is 3. The molecule has 3 rings (SSSR count). The Balaban J connectivity index is 1.85. The number of carbonyl (C=O) groups excluding carboxylic acids is 1. The summed E-state index contributed by atoms with van der Waals surface area (Å²) >= 11 is 0. The predicted molar refractivity (Wildman–Crippen MR) is 89.5 cm³/mol. The van der Waals surface area contributed by atoms with Gasteiger partial charge in [0.05, 0.1) is 6.10 Å². The van der Waals surface area contributed by atoms with Crippen LogP contribution in [0.15, 0.2) is 48.5 Å². The Morgan fingerprint density at radius 2 is 1.88 bits per heavy atom. The van der Waals surface area contributed by atoms with Crippen LogP contribution in [-0.2, 0) is 4.79 Å². The highest BCUT2D eigenvalue weighted by atomic mass is 19.1. The first-order valence-electron chi connectivity index (χ1n) is 8.02. The highest BCUT2D eigenvalue weighted by Crippen LogP contribution is 2.25. The summed E-state index contributed by atoms with van der Waals surface area (Å²) in [7, 11) is 0. The van der Waals surface area contributed by atoms with Gasteiger partial charge in [0.2, 0.25) is 0 Å². The Morgan fingerprint density at radius 3 is 2.60 bits per heavy atom. The van der Waals surface area contributed by atoms with Crippen LogP contribution in [0.25, 0.3) is 11.1 Å². The highest BCUT2D eigenvalue weighted by molar-refractivity contribution is 5.96. The number of rotatable bonds is 3. The number of nitrogens with zero attached hydrogens (tertiary/aromatic N) is 1. The summed E-state index contributed by atoms with van der Waals surface area (Å²) in [4.78, 5) is 25.3. The van der Waals surface area contributed by atoms with E-state index >= 15 is 0 Å². The number of aliphatic carboxylic acids is 1. The number of halogens is 1. The average molecular weight is 343 g/mol. The van der Waals surface area contributed by atoms with Crippen molar-refractivity contribution in [3.63, 3.8) is 0 Å². The Kier molecular flexibility index (Phi) is 4.81. The SMILES string of the molecule is O=C(O)[C@H]1CN(C(=O)c2cccc(-c3ccccc3F)c2)CC[C@H]1O. The molecule has 0 bridgehead atoms. The van der Waals surface area contributed by atoms with Gasteiger partial charge in [0.25, 0.3) is 5.91 Å². The molecule has 1 aliphatic heterocycles. The molecule has 2 aromatic carbocycles. The first-order chi connectivity index (χ1) is 12.0. The number of carbonyl (C=O) groups is 2. The van der Waals surface area contributed by atoms with Crippen molar-refractivity contribution in [1.29, 1.82) is 0 Å². The molecule has 2 aromatic rings. The Hall–Kier alpha value is -2.73. The number of aliphatic hydroxyl groups is 1. The first kappa shape index (κ1) is 17.1. The van der Waals surface area contributed by atoms with Crippen molar-refractivity contribution in [2.45, 2.75) is 12.5 Å². The van der Waals surface area contributed by atoms with E-state index in [9.17, 15) is 19.1 Å². The van der Waals surface area contributed by atoms with Gasteiger partial charge < -0.3 is 15.1 Å². The topological polar surface area (TPSA) is 77.8 Å². The van der Waals surface area contributed by atoms with Gasteiger partial charge in [0.1, 0.15) is 11.7 Å². The summed E-state index contributed by atoms with van der Waals surface area (Å²) in [5.41, 5.74) is 1.34. The molecule has 0 aromatic heterocycles. The van der Waals surface area contributed by atoms with Gasteiger partial charge in [-0.1, -0.05) is 30.3 Å². The van der Waals surface area contributed by atoms with Crippen molar-refractivity contribution in [3.05, 3.63) is 59.9 Å². The molecule has 0 radical (unpaired) electrons. The summed E-state index contributed by atoms with van der Waals surface area (Å²) in [6.07, 6.45) is -0.735. The van der Waals surface area contributed by atoms with Gasteiger partial charge in [-0.05, 0) is 30.2 Å². The van der Waals surface area contributed by atoms with E-state index in [1.54, 1.807) is 42.5 Å². The largest absolute Gasteiger partial charge is 0.481 e. The lowest BCUT2D eigenvalue weighted by Gasteiger charge is -2.34. The molecule has 1 heterocycles. The van der Waals surface area contributed by atoms with Gasteiger partial charge in [-0.25, -0.2) is 4.39 Å². The minimum absolute atomic E-state index is 0.0424.